The lowest BCUT2D eigenvalue weighted by atomic mass is 10.1. The molecule has 1 aromatic carbocycles. The molecule has 3 N–H and O–H groups in total. The van der Waals surface area contributed by atoms with E-state index in [1.807, 2.05) is 0 Å². The largest absolute Gasteiger partial charge is 0.463 e. The molecule has 4 rings (SSSR count). The van der Waals surface area contributed by atoms with Crippen LogP contribution in [0.15, 0.2) is 29.1 Å². The van der Waals surface area contributed by atoms with Crippen LogP contribution in [0.25, 0.3) is 22.6 Å². The van der Waals surface area contributed by atoms with E-state index < -0.39 is 35.9 Å². The molecule has 1 fully saturated rings. The minimum Gasteiger partial charge on any atom is -0.463 e. The average molecular weight is 526 g/mol. The highest BCUT2D eigenvalue weighted by molar-refractivity contribution is 5.94. The Balaban J connectivity index is 1.78. The van der Waals surface area contributed by atoms with E-state index >= 15 is 0 Å². The molecule has 0 radical (unpaired) electrons. The molecule has 1 saturated heterocycles. The minimum absolute atomic E-state index is 0.0406. The van der Waals surface area contributed by atoms with Crippen molar-refractivity contribution in [1.82, 2.24) is 19.5 Å². The van der Waals surface area contributed by atoms with Crippen molar-refractivity contribution in [3.63, 3.8) is 0 Å². The number of hydrogen-bond acceptors (Lipinski definition) is 10. The molecular formula is C26H31N5O7. The van der Waals surface area contributed by atoms with E-state index in [2.05, 4.69) is 15.0 Å². The van der Waals surface area contributed by atoms with Gasteiger partial charge in [0.15, 0.2) is 16.9 Å². The Kier molecular flexibility index (Phi) is 7.63. The maximum absolute atomic E-state index is 12.7. The SMILES string of the molecule is CC(=O)c1ccc(-c2nc3c(=O)[nH]c(N)nc3n2[C@H]2C[C@H](OC(=O)C(C)C)[C@@H](COC(=O)C(C)C)O2)cc1. The number of imidazole rings is 1. The zero-order chi connectivity index (χ0) is 27.7. The number of carbonyl (C=O) groups excluding carboxylic acids is 3. The molecule has 2 aromatic heterocycles. The van der Waals surface area contributed by atoms with Crippen LogP contribution in [0.2, 0.25) is 0 Å². The van der Waals surface area contributed by atoms with Gasteiger partial charge in [0.2, 0.25) is 5.95 Å². The van der Waals surface area contributed by atoms with Crippen molar-refractivity contribution >= 4 is 34.8 Å². The molecule has 3 heterocycles. The summed E-state index contributed by atoms with van der Waals surface area (Å²) in [6.45, 7) is 8.20. The first kappa shape index (κ1) is 27.0. The van der Waals surface area contributed by atoms with Gasteiger partial charge in [0.25, 0.3) is 5.56 Å². The van der Waals surface area contributed by atoms with E-state index in [0.717, 1.165) is 0 Å². The number of ketones is 1. The van der Waals surface area contributed by atoms with E-state index in [0.29, 0.717) is 17.0 Å². The third kappa shape index (κ3) is 5.44. The van der Waals surface area contributed by atoms with Crippen LogP contribution < -0.4 is 11.3 Å². The number of anilines is 1. The zero-order valence-corrected chi connectivity index (χ0v) is 21.9. The minimum atomic E-state index is -0.788. The van der Waals surface area contributed by atoms with Gasteiger partial charge in [-0.05, 0) is 6.92 Å². The summed E-state index contributed by atoms with van der Waals surface area (Å²) in [5.41, 5.74) is 6.64. The van der Waals surface area contributed by atoms with Crippen LogP contribution in [0.1, 0.15) is 57.6 Å². The lowest BCUT2D eigenvalue weighted by Crippen LogP contribution is -2.33. The van der Waals surface area contributed by atoms with Gasteiger partial charge in [-0.25, -0.2) is 4.98 Å². The van der Waals surface area contributed by atoms with Gasteiger partial charge in [0.05, 0.1) is 11.8 Å². The molecule has 3 aromatic rings. The van der Waals surface area contributed by atoms with E-state index in [1.54, 1.807) is 56.5 Å². The predicted octanol–water partition coefficient (Wildman–Crippen LogP) is 2.63. The summed E-state index contributed by atoms with van der Waals surface area (Å²) in [6.07, 6.45) is -2.11. The fraction of sp³-hybridized carbons (Fsp3) is 0.462. The van der Waals surface area contributed by atoms with E-state index in [9.17, 15) is 19.2 Å². The van der Waals surface area contributed by atoms with Crippen molar-refractivity contribution in [2.24, 2.45) is 11.8 Å². The number of carbonyl (C=O) groups is 3. The quantitative estimate of drug-likeness (QED) is 0.329. The molecule has 202 valence electrons. The number of nitrogen functional groups attached to an aromatic ring is 1. The molecule has 0 saturated carbocycles. The predicted molar refractivity (Wildman–Crippen MR) is 137 cm³/mol. The lowest BCUT2D eigenvalue weighted by molar-refractivity contribution is -0.162. The number of fused-ring (bicyclic) bond motifs is 1. The van der Waals surface area contributed by atoms with Crippen molar-refractivity contribution in [3.8, 4) is 11.4 Å². The molecule has 38 heavy (non-hydrogen) atoms. The second-order valence-electron chi connectivity index (χ2n) is 9.84. The number of esters is 2. The number of rotatable bonds is 8. The van der Waals surface area contributed by atoms with Crippen molar-refractivity contribution in [2.75, 3.05) is 12.3 Å². The number of ether oxygens (including phenoxy) is 3. The summed E-state index contributed by atoms with van der Waals surface area (Å²) in [7, 11) is 0. The summed E-state index contributed by atoms with van der Waals surface area (Å²) in [5.74, 6) is -1.41. The molecule has 0 unspecified atom stereocenters. The molecular weight excluding hydrogens is 494 g/mol. The molecule has 12 nitrogen and oxygen atoms in total. The molecule has 3 atom stereocenters. The van der Waals surface area contributed by atoms with Crippen LogP contribution in [0.4, 0.5) is 5.95 Å². The number of aromatic amines is 1. The van der Waals surface area contributed by atoms with Gasteiger partial charge in [-0.3, -0.25) is 28.7 Å². The van der Waals surface area contributed by atoms with Gasteiger partial charge in [0.1, 0.15) is 30.9 Å². The first-order valence-corrected chi connectivity index (χ1v) is 12.4. The molecule has 0 aliphatic carbocycles. The number of H-pyrrole nitrogens is 1. The Hall–Kier alpha value is -4.06. The number of aromatic nitrogens is 4. The van der Waals surface area contributed by atoms with Gasteiger partial charge < -0.3 is 19.9 Å². The van der Waals surface area contributed by atoms with Crippen LogP contribution in [-0.2, 0) is 23.8 Å². The van der Waals surface area contributed by atoms with E-state index in [1.165, 1.54) is 6.92 Å². The highest BCUT2D eigenvalue weighted by atomic mass is 16.6. The summed E-state index contributed by atoms with van der Waals surface area (Å²) < 4.78 is 19.0. The van der Waals surface area contributed by atoms with Crippen LogP contribution in [-0.4, -0.2) is 56.1 Å². The summed E-state index contributed by atoms with van der Waals surface area (Å²) >= 11 is 0. The Morgan fingerprint density at radius 2 is 1.76 bits per heavy atom. The van der Waals surface area contributed by atoms with Crippen molar-refractivity contribution < 1.29 is 28.6 Å². The molecule has 1 aliphatic rings. The highest BCUT2D eigenvalue weighted by Gasteiger charge is 2.42. The fourth-order valence-electron chi connectivity index (χ4n) is 4.08. The lowest BCUT2D eigenvalue weighted by Gasteiger charge is -2.20. The number of hydrogen-bond donors (Lipinski definition) is 2. The van der Waals surface area contributed by atoms with Gasteiger partial charge in [-0.1, -0.05) is 52.0 Å². The first-order valence-electron chi connectivity index (χ1n) is 12.4. The van der Waals surface area contributed by atoms with Gasteiger partial charge in [-0.15, -0.1) is 0 Å². The molecule has 0 spiro atoms. The number of nitrogens with two attached hydrogens (primary N) is 1. The average Bonchev–Trinajstić information content (AvgIpc) is 3.43. The topological polar surface area (TPSA) is 168 Å². The molecule has 0 bridgehead atoms. The Labute approximate surface area is 218 Å². The van der Waals surface area contributed by atoms with Crippen LogP contribution >= 0.6 is 0 Å². The second-order valence-corrected chi connectivity index (χ2v) is 9.84. The summed E-state index contributed by atoms with van der Waals surface area (Å²) in [6, 6.07) is 6.73. The maximum atomic E-state index is 12.7. The third-order valence-electron chi connectivity index (χ3n) is 6.19. The highest BCUT2D eigenvalue weighted by Crippen LogP contribution is 2.37. The second kappa shape index (κ2) is 10.7. The Bertz CT molecular complexity index is 1420. The maximum Gasteiger partial charge on any atom is 0.308 e. The Morgan fingerprint density at radius 3 is 2.37 bits per heavy atom. The van der Waals surface area contributed by atoms with Crippen LogP contribution in [0.3, 0.4) is 0 Å². The molecule has 1 aliphatic heterocycles. The standard InChI is InChI=1S/C26H31N5O7/c1-12(2)24(34)36-11-18-17(38-25(35)13(3)4)10-19(37-18)31-21(16-8-6-15(7-9-16)14(5)32)28-20-22(31)29-26(27)30-23(20)33/h6-9,12-13,17-19H,10-11H2,1-5H3,(H3,27,29,30,33)/t17-,18+,19+/m0/s1. The number of nitrogens with zero attached hydrogens (tertiary/aromatic N) is 3. The van der Waals surface area contributed by atoms with Crippen molar-refractivity contribution in [3.05, 3.63) is 40.2 Å². The van der Waals surface area contributed by atoms with Crippen molar-refractivity contribution in [1.29, 1.82) is 0 Å². The molecule has 0 amide bonds. The summed E-state index contributed by atoms with van der Waals surface area (Å²) in [4.78, 5) is 60.3. The zero-order valence-electron chi connectivity index (χ0n) is 21.9. The number of nitrogens with one attached hydrogen (secondary N) is 1. The van der Waals surface area contributed by atoms with Gasteiger partial charge in [-0.2, -0.15) is 4.98 Å². The monoisotopic (exact) mass is 525 g/mol. The van der Waals surface area contributed by atoms with Crippen LogP contribution in [0, 0.1) is 11.8 Å². The summed E-state index contributed by atoms with van der Waals surface area (Å²) in [5, 5.41) is 0. The van der Waals surface area contributed by atoms with Gasteiger partial charge in [0, 0.05) is 17.5 Å². The van der Waals surface area contributed by atoms with E-state index in [4.69, 9.17) is 19.9 Å². The van der Waals surface area contributed by atoms with Crippen LogP contribution in [0.5, 0.6) is 0 Å². The van der Waals surface area contributed by atoms with Gasteiger partial charge >= 0.3 is 11.9 Å². The third-order valence-corrected chi connectivity index (χ3v) is 6.19. The Morgan fingerprint density at radius 1 is 1.11 bits per heavy atom. The first-order chi connectivity index (χ1) is 18.0. The smallest absolute Gasteiger partial charge is 0.308 e. The fourth-order valence-corrected chi connectivity index (χ4v) is 4.08. The normalized spacial score (nSPS) is 19.3. The number of benzene rings is 1. The molecule has 12 heteroatoms. The number of Topliss-reactive ketones (excluding diaryl/α,β-unsaturated/α-hetero) is 1. The van der Waals surface area contributed by atoms with Crippen molar-refractivity contribution in [2.45, 2.75) is 59.5 Å². The van der Waals surface area contributed by atoms with E-state index in [-0.39, 0.29) is 47.8 Å².